The molecule has 0 spiro atoms. The average molecular weight is 854 g/mol. The first kappa shape index (κ1) is 38.5. The molecule has 4 nitrogen and oxygen atoms in total. The number of furan rings is 1. The van der Waals surface area contributed by atoms with E-state index in [9.17, 15) is 0 Å². The maximum atomic E-state index is 6.71. The van der Waals surface area contributed by atoms with Crippen molar-refractivity contribution < 1.29 is 4.42 Å². The molecule has 3 aromatic heterocycles. The Bertz CT molecular complexity index is 4030. The molecule has 0 aliphatic carbocycles. The molecule has 0 saturated carbocycles. The van der Waals surface area contributed by atoms with Crippen LogP contribution in [-0.4, -0.2) is 15.0 Å². The summed E-state index contributed by atoms with van der Waals surface area (Å²) in [6.45, 7) is 0. The monoisotopic (exact) mass is 853 g/mol. The Balaban J connectivity index is 1.01. The zero-order chi connectivity index (χ0) is 44.3. The number of hydrogen-bond acceptors (Lipinski definition) is 4. The lowest BCUT2D eigenvalue weighted by Gasteiger charge is -2.17. The van der Waals surface area contributed by atoms with Crippen LogP contribution in [0, 0.1) is 0 Å². The van der Waals surface area contributed by atoms with Crippen molar-refractivity contribution in [2.45, 2.75) is 0 Å². The maximum Gasteiger partial charge on any atom is 0.161 e. The van der Waals surface area contributed by atoms with Gasteiger partial charge in [-0.05, 0) is 81.1 Å². The quantitative estimate of drug-likeness (QED) is 0.150. The summed E-state index contributed by atoms with van der Waals surface area (Å²) >= 11 is 0. The zero-order valence-electron chi connectivity index (χ0n) is 36.3. The molecule has 0 saturated heterocycles. The van der Waals surface area contributed by atoms with Crippen molar-refractivity contribution in [3.8, 4) is 78.5 Å². The van der Waals surface area contributed by atoms with E-state index in [2.05, 4.69) is 224 Å². The number of pyridine rings is 1. The summed E-state index contributed by atoms with van der Waals surface area (Å²) in [5, 5.41) is 7.69. The molecule has 312 valence electrons. The Morgan fingerprint density at radius 1 is 0.284 bits per heavy atom. The van der Waals surface area contributed by atoms with Crippen molar-refractivity contribution in [3.63, 3.8) is 0 Å². The lowest BCUT2D eigenvalue weighted by atomic mass is 9.88. The molecule has 0 N–H and O–H groups in total. The molecular weight excluding hydrogens is 815 g/mol. The van der Waals surface area contributed by atoms with E-state index in [-0.39, 0.29) is 0 Å². The van der Waals surface area contributed by atoms with Gasteiger partial charge in [0, 0.05) is 54.7 Å². The van der Waals surface area contributed by atoms with Crippen LogP contribution in [0.4, 0.5) is 0 Å². The highest BCUT2D eigenvalue weighted by molar-refractivity contribution is 6.28. The van der Waals surface area contributed by atoms with Crippen LogP contribution >= 0.6 is 0 Å². The maximum absolute atomic E-state index is 6.71. The largest absolute Gasteiger partial charge is 0.456 e. The molecule has 0 aliphatic heterocycles. The van der Waals surface area contributed by atoms with E-state index < -0.39 is 0 Å². The molecule has 3 heterocycles. The lowest BCUT2D eigenvalue weighted by Crippen LogP contribution is -1.97. The van der Waals surface area contributed by atoms with E-state index in [1.807, 2.05) is 12.1 Å². The third kappa shape index (κ3) is 6.65. The Morgan fingerprint density at radius 2 is 0.821 bits per heavy atom. The van der Waals surface area contributed by atoms with Gasteiger partial charge in [0.2, 0.25) is 0 Å². The normalized spacial score (nSPS) is 11.6. The summed E-state index contributed by atoms with van der Waals surface area (Å²) in [4.78, 5) is 16.0. The van der Waals surface area contributed by atoms with Gasteiger partial charge in [0.1, 0.15) is 11.2 Å². The zero-order valence-corrected chi connectivity index (χ0v) is 36.3. The minimum Gasteiger partial charge on any atom is -0.456 e. The minimum absolute atomic E-state index is 0.678. The predicted octanol–water partition coefficient (Wildman–Crippen LogP) is 16.9. The van der Waals surface area contributed by atoms with Crippen molar-refractivity contribution in [2.75, 3.05) is 0 Å². The topological polar surface area (TPSA) is 51.8 Å². The molecule has 0 amide bonds. The van der Waals surface area contributed by atoms with Crippen LogP contribution in [0.5, 0.6) is 0 Å². The van der Waals surface area contributed by atoms with Gasteiger partial charge >= 0.3 is 0 Å². The van der Waals surface area contributed by atoms with Crippen molar-refractivity contribution in [3.05, 3.63) is 237 Å². The van der Waals surface area contributed by atoms with Crippen molar-refractivity contribution in [2.24, 2.45) is 0 Å². The van der Waals surface area contributed by atoms with Crippen molar-refractivity contribution in [1.29, 1.82) is 0 Å². The Morgan fingerprint density at radius 3 is 1.58 bits per heavy atom. The van der Waals surface area contributed by atoms with Gasteiger partial charge in [-0.1, -0.05) is 194 Å². The van der Waals surface area contributed by atoms with E-state index in [1.54, 1.807) is 0 Å². The van der Waals surface area contributed by atoms with Gasteiger partial charge in [-0.3, -0.25) is 0 Å². The van der Waals surface area contributed by atoms with Crippen LogP contribution in [0.25, 0.3) is 133 Å². The number of fused-ring (bicyclic) bond motifs is 7. The molecule has 0 bridgehead atoms. The summed E-state index contributed by atoms with van der Waals surface area (Å²) in [6, 6.07) is 83.3. The first-order chi connectivity index (χ1) is 33.2. The molecule has 0 aliphatic rings. The van der Waals surface area contributed by atoms with Gasteiger partial charge in [-0.25, -0.2) is 15.0 Å². The summed E-state index contributed by atoms with van der Waals surface area (Å²) in [6.07, 6.45) is 0. The number of aromatic nitrogens is 3. The fourth-order valence-corrected chi connectivity index (χ4v) is 9.97. The van der Waals surface area contributed by atoms with Crippen LogP contribution < -0.4 is 0 Å². The molecule has 4 heteroatoms. The standard InChI is InChI=1S/C63H39N3O/c1-4-18-40(19-5-1)43-24-16-26-45(36-43)56-39-55(41-20-6-2-7-21-41)65-63(66-56)50-35-34-47(48-28-10-11-29-49(48)50)44-25-17-27-46(37-44)59-60-51-30-12-14-32-54(51)64-62(42-22-8-3-9-23-42)53(60)38-58-61(59)52-31-13-15-33-57(52)67-58/h1-39H. The SMILES string of the molecule is c1ccc(-c2cccc(-c3cc(-c4ccccc4)nc(-c4ccc(-c5cccc(-c6c7c(cc8c(-c9ccccc9)nc9ccccc9c68)oc6ccccc67)c5)c5ccccc45)n3)c2)cc1. The summed E-state index contributed by atoms with van der Waals surface area (Å²) in [5.41, 5.74) is 16.2. The average Bonchev–Trinajstić information content (AvgIpc) is 3.78. The highest BCUT2D eigenvalue weighted by atomic mass is 16.3. The molecular formula is C63H39N3O. The lowest BCUT2D eigenvalue weighted by molar-refractivity contribution is 0.669. The van der Waals surface area contributed by atoms with Gasteiger partial charge < -0.3 is 4.42 Å². The summed E-state index contributed by atoms with van der Waals surface area (Å²) < 4.78 is 6.71. The Labute approximate surface area is 387 Å². The molecule has 13 rings (SSSR count). The second kappa shape index (κ2) is 15.9. The fourth-order valence-electron chi connectivity index (χ4n) is 9.97. The number of rotatable bonds is 7. The van der Waals surface area contributed by atoms with E-state index in [4.69, 9.17) is 19.4 Å². The Hall–Kier alpha value is -8.99. The van der Waals surface area contributed by atoms with Crippen molar-refractivity contribution in [1.82, 2.24) is 15.0 Å². The summed E-state index contributed by atoms with van der Waals surface area (Å²) in [7, 11) is 0. The van der Waals surface area contributed by atoms with Crippen LogP contribution in [0.3, 0.4) is 0 Å². The van der Waals surface area contributed by atoms with Crippen molar-refractivity contribution >= 4 is 54.4 Å². The van der Waals surface area contributed by atoms with Crippen LogP contribution in [0.1, 0.15) is 0 Å². The second-order valence-corrected chi connectivity index (χ2v) is 17.1. The molecule has 10 aromatic carbocycles. The second-order valence-electron chi connectivity index (χ2n) is 17.1. The molecule has 0 fully saturated rings. The first-order valence-electron chi connectivity index (χ1n) is 22.7. The number of nitrogens with zero attached hydrogens (tertiary/aromatic N) is 3. The third-order valence-corrected chi connectivity index (χ3v) is 13.1. The van der Waals surface area contributed by atoms with E-state index in [0.717, 1.165) is 127 Å². The van der Waals surface area contributed by atoms with Crippen LogP contribution in [-0.2, 0) is 0 Å². The van der Waals surface area contributed by atoms with Gasteiger partial charge in [-0.15, -0.1) is 0 Å². The van der Waals surface area contributed by atoms with E-state index >= 15 is 0 Å². The van der Waals surface area contributed by atoms with Gasteiger partial charge in [-0.2, -0.15) is 0 Å². The summed E-state index contributed by atoms with van der Waals surface area (Å²) in [5.74, 6) is 0.678. The van der Waals surface area contributed by atoms with E-state index in [1.165, 1.54) is 0 Å². The molecule has 0 atom stereocenters. The van der Waals surface area contributed by atoms with Gasteiger partial charge in [0.15, 0.2) is 5.82 Å². The first-order valence-corrected chi connectivity index (χ1v) is 22.7. The fraction of sp³-hybridized carbons (Fsp3) is 0. The molecule has 0 unspecified atom stereocenters. The predicted molar refractivity (Wildman–Crippen MR) is 278 cm³/mol. The minimum atomic E-state index is 0.678. The third-order valence-electron chi connectivity index (χ3n) is 13.1. The molecule has 0 radical (unpaired) electrons. The van der Waals surface area contributed by atoms with E-state index in [0.29, 0.717) is 5.82 Å². The Kier molecular flexibility index (Phi) is 9.14. The van der Waals surface area contributed by atoms with Gasteiger partial charge in [0.05, 0.1) is 22.6 Å². The number of para-hydroxylation sites is 2. The van der Waals surface area contributed by atoms with Crippen LogP contribution in [0.15, 0.2) is 241 Å². The molecule has 13 aromatic rings. The number of hydrogen-bond donors (Lipinski definition) is 0. The molecule has 67 heavy (non-hydrogen) atoms. The van der Waals surface area contributed by atoms with Gasteiger partial charge in [0.25, 0.3) is 0 Å². The highest BCUT2D eigenvalue weighted by Gasteiger charge is 2.23. The number of benzene rings is 10. The smallest absolute Gasteiger partial charge is 0.161 e. The highest BCUT2D eigenvalue weighted by Crippen LogP contribution is 2.47. The van der Waals surface area contributed by atoms with Crippen LogP contribution in [0.2, 0.25) is 0 Å².